The van der Waals surface area contributed by atoms with E-state index in [0.29, 0.717) is 16.9 Å². The van der Waals surface area contributed by atoms with Crippen LogP contribution in [-0.2, 0) is 0 Å². The highest BCUT2D eigenvalue weighted by molar-refractivity contribution is 7.08. The number of aromatic carboxylic acids is 1. The number of thiophene rings is 1. The van der Waals surface area contributed by atoms with Gasteiger partial charge in [0.25, 0.3) is 5.91 Å². The average Bonchev–Trinajstić information content (AvgIpc) is 2.83. The molecule has 1 aromatic heterocycles. The minimum absolute atomic E-state index is 0.00809. The van der Waals surface area contributed by atoms with Crippen LogP contribution in [0.4, 0.5) is 11.4 Å². The molecule has 0 aliphatic heterocycles. The van der Waals surface area contributed by atoms with Gasteiger partial charge < -0.3 is 15.7 Å². The molecule has 5 nitrogen and oxygen atoms in total. The quantitative estimate of drug-likeness (QED) is 0.851. The Labute approximate surface area is 120 Å². The third-order valence-electron chi connectivity index (χ3n) is 3.00. The Morgan fingerprint density at radius 1 is 1.25 bits per heavy atom. The van der Waals surface area contributed by atoms with Crippen LogP contribution in [0, 0.1) is 6.92 Å². The van der Waals surface area contributed by atoms with Crippen molar-refractivity contribution in [3.8, 4) is 0 Å². The number of nitrogen functional groups attached to an aromatic ring is 1. The lowest BCUT2D eigenvalue weighted by molar-refractivity contribution is 0.0698. The third kappa shape index (κ3) is 2.50. The number of hydrogen-bond donors (Lipinski definition) is 2. The number of amides is 1. The summed E-state index contributed by atoms with van der Waals surface area (Å²) in [5.74, 6) is -1.36. The lowest BCUT2D eigenvalue weighted by Gasteiger charge is -2.19. The number of nitrogens with two attached hydrogens (primary N) is 1. The molecule has 0 saturated heterocycles. The van der Waals surface area contributed by atoms with E-state index in [1.54, 1.807) is 24.6 Å². The maximum absolute atomic E-state index is 12.4. The van der Waals surface area contributed by atoms with Crippen LogP contribution in [0.5, 0.6) is 0 Å². The maximum atomic E-state index is 12.4. The molecular weight excluding hydrogens is 276 g/mol. The highest BCUT2D eigenvalue weighted by Crippen LogP contribution is 2.25. The summed E-state index contributed by atoms with van der Waals surface area (Å²) in [6.45, 7) is 1.85. The molecular formula is C14H14N2O3S. The third-order valence-corrected chi connectivity index (χ3v) is 3.86. The molecule has 0 radical (unpaired) electrons. The molecule has 1 heterocycles. The number of hydrogen-bond acceptors (Lipinski definition) is 4. The van der Waals surface area contributed by atoms with Gasteiger partial charge >= 0.3 is 5.97 Å². The van der Waals surface area contributed by atoms with Gasteiger partial charge in [-0.15, -0.1) is 0 Å². The first-order valence-electron chi connectivity index (χ1n) is 5.85. The van der Waals surface area contributed by atoms with Gasteiger partial charge in [0, 0.05) is 18.1 Å². The number of aryl methyl sites for hydroxylation is 1. The summed E-state index contributed by atoms with van der Waals surface area (Å²) in [5.41, 5.74) is 7.72. The van der Waals surface area contributed by atoms with E-state index in [-0.39, 0.29) is 11.5 Å². The van der Waals surface area contributed by atoms with Crippen molar-refractivity contribution in [3.05, 3.63) is 45.6 Å². The van der Waals surface area contributed by atoms with Crippen LogP contribution in [0.25, 0.3) is 0 Å². The minimum Gasteiger partial charge on any atom is -0.478 e. The predicted octanol–water partition coefficient (Wildman–Crippen LogP) is 2.61. The summed E-state index contributed by atoms with van der Waals surface area (Å²) in [6, 6.07) is 4.46. The molecule has 0 atom stereocenters. The van der Waals surface area contributed by atoms with Gasteiger partial charge in [-0.3, -0.25) is 4.79 Å². The SMILES string of the molecule is Cc1cscc1C(=O)N(C)c1ccc(N)cc1C(=O)O. The highest BCUT2D eigenvalue weighted by atomic mass is 32.1. The molecule has 1 aromatic carbocycles. The normalized spacial score (nSPS) is 10.3. The van der Waals surface area contributed by atoms with Crippen LogP contribution in [0.3, 0.4) is 0 Å². The van der Waals surface area contributed by atoms with Crippen molar-refractivity contribution < 1.29 is 14.7 Å². The van der Waals surface area contributed by atoms with Crippen molar-refractivity contribution in [1.82, 2.24) is 0 Å². The predicted molar refractivity (Wildman–Crippen MR) is 79.6 cm³/mol. The lowest BCUT2D eigenvalue weighted by atomic mass is 10.1. The number of carboxylic acid groups (broad SMARTS) is 1. The van der Waals surface area contributed by atoms with Crippen molar-refractivity contribution >= 4 is 34.6 Å². The van der Waals surface area contributed by atoms with Crippen molar-refractivity contribution in [2.24, 2.45) is 0 Å². The Kier molecular flexibility index (Phi) is 3.76. The van der Waals surface area contributed by atoms with Gasteiger partial charge in [-0.05, 0) is 36.1 Å². The highest BCUT2D eigenvalue weighted by Gasteiger charge is 2.21. The van der Waals surface area contributed by atoms with Crippen molar-refractivity contribution in [2.75, 3.05) is 17.7 Å². The van der Waals surface area contributed by atoms with Crippen LogP contribution < -0.4 is 10.6 Å². The van der Waals surface area contributed by atoms with Gasteiger partial charge in [0.15, 0.2) is 0 Å². The summed E-state index contributed by atoms with van der Waals surface area (Å²) < 4.78 is 0. The topological polar surface area (TPSA) is 83.6 Å². The molecule has 20 heavy (non-hydrogen) atoms. The number of carbonyl (C=O) groups is 2. The van der Waals surface area contributed by atoms with Crippen LogP contribution in [0.2, 0.25) is 0 Å². The van der Waals surface area contributed by atoms with Crippen LogP contribution in [0.15, 0.2) is 29.0 Å². The number of nitrogens with zero attached hydrogens (tertiary/aromatic N) is 1. The molecule has 0 spiro atoms. The van der Waals surface area contributed by atoms with Gasteiger partial charge in [0.05, 0.1) is 16.8 Å². The second kappa shape index (κ2) is 5.34. The first kappa shape index (κ1) is 14.1. The Morgan fingerprint density at radius 2 is 1.95 bits per heavy atom. The minimum atomic E-state index is -1.12. The summed E-state index contributed by atoms with van der Waals surface area (Å²) in [5, 5.41) is 12.8. The van der Waals surface area contributed by atoms with E-state index >= 15 is 0 Å². The molecule has 0 aliphatic rings. The van der Waals surface area contributed by atoms with Crippen LogP contribution >= 0.6 is 11.3 Å². The number of rotatable bonds is 3. The Hall–Kier alpha value is -2.34. The molecule has 1 amide bonds. The smallest absolute Gasteiger partial charge is 0.337 e. The molecule has 0 unspecified atom stereocenters. The van der Waals surface area contributed by atoms with E-state index in [1.807, 2.05) is 12.3 Å². The Bertz CT molecular complexity index is 679. The van der Waals surface area contributed by atoms with Gasteiger partial charge in [-0.2, -0.15) is 11.3 Å². The molecule has 0 saturated carbocycles. The van der Waals surface area contributed by atoms with E-state index in [0.717, 1.165) is 5.56 Å². The Morgan fingerprint density at radius 3 is 2.50 bits per heavy atom. The zero-order valence-corrected chi connectivity index (χ0v) is 11.9. The van der Waals surface area contributed by atoms with Gasteiger partial charge in [0.1, 0.15) is 0 Å². The number of benzene rings is 1. The van der Waals surface area contributed by atoms with Crippen LogP contribution in [-0.4, -0.2) is 24.0 Å². The molecule has 3 N–H and O–H groups in total. The van der Waals surface area contributed by atoms with Crippen molar-refractivity contribution in [2.45, 2.75) is 6.92 Å². The largest absolute Gasteiger partial charge is 0.478 e. The van der Waals surface area contributed by atoms with Gasteiger partial charge in [-0.1, -0.05) is 0 Å². The number of carboxylic acids is 1. The second-order valence-electron chi connectivity index (χ2n) is 4.41. The van der Waals surface area contributed by atoms with Crippen molar-refractivity contribution in [1.29, 1.82) is 0 Å². The zero-order valence-electron chi connectivity index (χ0n) is 11.1. The molecule has 2 rings (SSSR count). The van der Waals surface area contributed by atoms with E-state index in [1.165, 1.54) is 22.3 Å². The van der Waals surface area contributed by atoms with E-state index in [2.05, 4.69) is 0 Å². The monoisotopic (exact) mass is 290 g/mol. The summed E-state index contributed by atoms with van der Waals surface area (Å²) >= 11 is 1.44. The summed E-state index contributed by atoms with van der Waals surface area (Å²) in [7, 11) is 1.55. The van der Waals surface area contributed by atoms with Gasteiger partial charge in [-0.25, -0.2) is 4.79 Å². The van der Waals surface area contributed by atoms with E-state index in [9.17, 15) is 14.7 Å². The first-order valence-corrected chi connectivity index (χ1v) is 6.79. The van der Waals surface area contributed by atoms with Gasteiger partial charge in [0.2, 0.25) is 0 Å². The summed E-state index contributed by atoms with van der Waals surface area (Å²) in [4.78, 5) is 25.0. The van der Waals surface area contributed by atoms with Crippen LogP contribution in [0.1, 0.15) is 26.3 Å². The standard InChI is InChI=1S/C14H14N2O3S/c1-8-6-20-7-11(8)13(17)16(2)12-4-3-9(15)5-10(12)14(18)19/h3-7H,15H2,1-2H3,(H,18,19). The fourth-order valence-electron chi connectivity index (χ4n) is 1.89. The molecule has 0 bridgehead atoms. The average molecular weight is 290 g/mol. The van der Waals surface area contributed by atoms with Crippen molar-refractivity contribution in [3.63, 3.8) is 0 Å². The van der Waals surface area contributed by atoms with E-state index < -0.39 is 5.97 Å². The Balaban J connectivity index is 2.44. The summed E-state index contributed by atoms with van der Waals surface area (Å²) in [6.07, 6.45) is 0. The molecule has 6 heteroatoms. The molecule has 0 aliphatic carbocycles. The number of carbonyl (C=O) groups excluding carboxylic acids is 1. The second-order valence-corrected chi connectivity index (χ2v) is 5.16. The number of anilines is 2. The fourth-order valence-corrected chi connectivity index (χ4v) is 2.71. The molecule has 104 valence electrons. The fraction of sp³-hybridized carbons (Fsp3) is 0.143. The maximum Gasteiger partial charge on any atom is 0.337 e. The zero-order chi connectivity index (χ0) is 14.9. The molecule has 2 aromatic rings. The lowest BCUT2D eigenvalue weighted by Crippen LogP contribution is -2.28. The first-order chi connectivity index (χ1) is 9.41. The molecule has 0 fully saturated rings. The van der Waals surface area contributed by atoms with E-state index in [4.69, 9.17) is 5.73 Å².